The number of pyridine rings is 1. The Morgan fingerprint density at radius 2 is 1.76 bits per heavy atom. The molecule has 3 nitrogen and oxygen atoms in total. The quantitative estimate of drug-likeness (QED) is 0.787. The number of nitrogens with one attached hydrogen (secondary N) is 1. The van der Waals surface area contributed by atoms with Crippen molar-refractivity contribution in [3.8, 4) is 0 Å². The van der Waals surface area contributed by atoms with Gasteiger partial charge < -0.3 is 5.32 Å². The molecule has 0 aliphatic rings. The summed E-state index contributed by atoms with van der Waals surface area (Å²) >= 11 is 0. The summed E-state index contributed by atoms with van der Waals surface area (Å²) in [6.07, 6.45) is 0. The van der Waals surface area contributed by atoms with Gasteiger partial charge >= 0.3 is 0 Å². The fourth-order valence-electron chi connectivity index (χ4n) is 2.51. The molecule has 0 bridgehead atoms. The van der Waals surface area contributed by atoms with E-state index < -0.39 is 5.95 Å². The van der Waals surface area contributed by atoms with Crippen LogP contribution in [0.4, 0.5) is 10.2 Å². The first-order chi connectivity index (χ1) is 10.2. The summed E-state index contributed by atoms with van der Waals surface area (Å²) < 4.78 is 13.1. The second kappa shape index (κ2) is 7.74. The number of anilines is 1. The van der Waals surface area contributed by atoms with Gasteiger partial charge in [0.1, 0.15) is 5.82 Å². The Balaban J connectivity index is 2.13. The summed E-state index contributed by atoms with van der Waals surface area (Å²) in [4.78, 5) is 6.23. The molecule has 0 fully saturated rings. The van der Waals surface area contributed by atoms with E-state index >= 15 is 0 Å². The molecule has 0 saturated heterocycles. The summed E-state index contributed by atoms with van der Waals surface area (Å²) in [5, 5.41) is 3.24. The summed E-state index contributed by atoms with van der Waals surface area (Å²) in [7, 11) is 0. The predicted molar refractivity (Wildman–Crippen MR) is 84.8 cm³/mol. The van der Waals surface area contributed by atoms with Gasteiger partial charge in [0.2, 0.25) is 5.95 Å². The van der Waals surface area contributed by atoms with Crippen LogP contribution in [0.3, 0.4) is 0 Å². The highest BCUT2D eigenvalue weighted by Gasteiger charge is 2.17. The lowest BCUT2D eigenvalue weighted by molar-refractivity contribution is 0.228. The molecule has 0 amide bonds. The molecule has 1 aromatic heterocycles. The normalized spacial score (nSPS) is 12.4. The van der Waals surface area contributed by atoms with Gasteiger partial charge in [-0.05, 0) is 30.8 Å². The van der Waals surface area contributed by atoms with Gasteiger partial charge in [-0.25, -0.2) is 4.98 Å². The van der Waals surface area contributed by atoms with Gasteiger partial charge in [0, 0.05) is 6.54 Å². The molecule has 0 aliphatic heterocycles. The molecular formula is C17H22FN3. The van der Waals surface area contributed by atoms with E-state index in [-0.39, 0.29) is 6.04 Å². The van der Waals surface area contributed by atoms with Crippen molar-refractivity contribution < 1.29 is 4.39 Å². The zero-order valence-corrected chi connectivity index (χ0v) is 12.6. The van der Waals surface area contributed by atoms with Crippen LogP contribution in [0, 0.1) is 5.95 Å². The molecule has 0 spiro atoms. The SMILES string of the molecule is CCN(CC)C(CNc1cccc(F)n1)c1ccccc1. The van der Waals surface area contributed by atoms with Crippen molar-refractivity contribution in [1.82, 2.24) is 9.88 Å². The number of benzene rings is 1. The first-order valence-electron chi connectivity index (χ1n) is 7.40. The van der Waals surface area contributed by atoms with Crippen LogP contribution in [-0.4, -0.2) is 29.5 Å². The predicted octanol–water partition coefficient (Wildman–Crippen LogP) is 3.72. The minimum absolute atomic E-state index is 0.242. The van der Waals surface area contributed by atoms with Crippen molar-refractivity contribution in [2.45, 2.75) is 19.9 Å². The standard InChI is InChI=1S/C17H22FN3/c1-3-21(4-2)15(14-9-6-5-7-10-14)13-19-17-12-8-11-16(18)20-17/h5-12,15H,3-4,13H2,1-2H3,(H,19,20). The third-order valence-corrected chi connectivity index (χ3v) is 3.63. The van der Waals surface area contributed by atoms with Crippen LogP contribution in [0.1, 0.15) is 25.5 Å². The number of hydrogen-bond donors (Lipinski definition) is 1. The van der Waals surface area contributed by atoms with Crippen molar-refractivity contribution in [3.63, 3.8) is 0 Å². The van der Waals surface area contributed by atoms with Gasteiger partial charge in [0.25, 0.3) is 0 Å². The summed E-state index contributed by atoms with van der Waals surface area (Å²) in [5.41, 5.74) is 1.25. The second-order valence-corrected chi connectivity index (χ2v) is 4.87. The largest absolute Gasteiger partial charge is 0.368 e. The van der Waals surface area contributed by atoms with Crippen LogP contribution < -0.4 is 5.32 Å². The van der Waals surface area contributed by atoms with Crippen LogP contribution in [-0.2, 0) is 0 Å². The topological polar surface area (TPSA) is 28.2 Å². The van der Waals surface area contributed by atoms with E-state index in [1.54, 1.807) is 12.1 Å². The molecule has 0 saturated carbocycles. The fraction of sp³-hybridized carbons (Fsp3) is 0.353. The van der Waals surface area contributed by atoms with E-state index in [2.05, 4.69) is 41.2 Å². The van der Waals surface area contributed by atoms with Crippen molar-refractivity contribution >= 4 is 5.82 Å². The molecule has 112 valence electrons. The van der Waals surface area contributed by atoms with E-state index in [0.29, 0.717) is 12.4 Å². The second-order valence-electron chi connectivity index (χ2n) is 4.87. The molecule has 1 unspecified atom stereocenters. The van der Waals surface area contributed by atoms with E-state index in [0.717, 1.165) is 13.1 Å². The van der Waals surface area contributed by atoms with Gasteiger partial charge in [-0.3, -0.25) is 4.90 Å². The maximum atomic E-state index is 13.1. The molecule has 2 aromatic rings. The maximum absolute atomic E-state index is 13.1. The average molecular weight is 287 g/mol. The van der Waals surface area contributed by atoms with E-state index in [1.165, 1.54) is 11.6 Å². The van der Waals surface area contributed by atoms with Gasteiger partial charge in [-0.2, -0.15) is 4.39 Å². The average Bonchev–Trinajstić information content (AvgIpc) is 2.52. The first-order valence-corrected chi connectivity index (χ1v) is 7.40. The minimum Gasteiger partial charge on any atom is -0.368 e. The number of rotatable bonds is 7. The lowest BCUT2D eigenvalue weighted by atomic mass is 10.1. The molecule has 0 radical (unpaired) electrons. The van der Waals surface area contributed by atoms with Crippen LogP contribution >= 0.6 is 0 Å². The molecule has 21 heavy (non-hydrogen) atoms. The lowest BCUT2D eigenvalue weighted by Crippen LogP contribution is -2.33. The monoisotopic (exact) mass is 287 g/mol. The number of nitrogens with zero attached hydrogens (tertiary/aromatic N) is 2. The van der Waals surface area contributed by atoms with Crippen molar-refractivity contribution in [3.05, 3.63) is 60.0 Å². The molecule has 1 atom stereocenters. The number of hydrogen-bond acceptors (Lipinski definition) is 3. The highest BCUT2D eigenvalue weighted by Crippen LogP contribution is 2.20. The minimum atomic E-state index is -0.459. The molecule has 1 N–H and O–H groups in total. The Bertz CT molecular complexity index is 541. The Morgan fingerprint density at radius 3 is 2.38 bits per heavy atom. The first kappa shape index (κ1) is 15.4. The van der Waals surface area contributed by atoms with Gasteiger partial charge in [-0.1, -0.05) is 50.2 Å². The maximum Gasteiger partial charge on any atom is 0.214 e. The zero-order chi connectivity index (χ0) is 15.1. The molecule has 2 rings (SSSR count). The highest BCUT2D eigenvalue weighted by molar-refractivity contribution is 5.34. The van der Waals surface area contributed by atoms with Crippen LogP contribution in [0.15, 0.2) is 48.5 Å². The van der Waals surface area contributed by atoms with Crippen molar-refractivity contribution in [2.24, 2.45) is 0 Å². The van der Waals surface area contributed by atoms with Crippen LogP contribution in [0.2, 0.25) is 0 Å². The summed E-state index contributed by atoms with van der Waals surface area (Å²) in [6, 6.07) is 15.4. The fourth-order valence-corrected chi connectivity index (χ4v) is 2.51. The molecule has 1 heterocycles. The Morgan fingerprint density at radius 1 is 1.05 bits per heavy atom. The Kier molecular flexibility index (Phi) is 5.69. The third-order valence-electron chi connectivity index (χ3n) is 3.63. The lowest BCUT2D eigenvalue weighted by Gasteiger charge is -2.30. The number of halogens is 1. The van der Waals surface area contributed by atoms with Crippen LogP contribution in [0.5, 0.6) is 0 Å². The Labute approximate surface area is 125 Å². The zero-order valence-electron chi connectivity index (χ0n) is 12.6. The van der Waals surface area contributed by atoms with Gasteiger partial charge in [0.15, 0.2) is 0 Å². The molecular weight excluding hydrogens is 265 g/mol. The number of likely N-dealkylation sites (N-methyl/N-ethyl adjacent to an activating group) is 1. The summed E-state index contributed by atoms with van der Waals surface area (Å²) in [5.74, 6) is 0.113. The highest BCUT2D eigenvalue weighted by atomic mass is 19.1. The summed E-state index contributed by atoms with van der Waals surface area (Å²) in [6.45, 7) is 6.94. The van der Waals surface area contributed by atoms with Gasteiger partial charge in [-0.15, -0.1) is 0 Å². The molecule has 1 aromatic carbocycles. The third kappa shape index (κ3) is 4.26. The molecule has 4 heteroatoms. The van der Waals surface area contributed by atoms with Crippen molar-refractivity contribution in [2.75, 3.05) is 25.0 Å². The van der Waals surface area contributed by atoms with Crippen molar-refractivity contribution in [1.29, 1.82) is 0 Å². The number of aromatic nitrogens is 1. The van der Waals surface area contributed by atoms with E-state index in [9.17, 15) is 4.39 Å². The Hall–Kier alpha value is -1.94. The van der Waals surface area contributed by atoms with E-state index in [4.69, 9.17) is 0 Å². The smallest absolute Gasteiger partial charge is 0.214 e. The molecule has 0 aliphatic carbocycles. The van der Waals surface area contributed by atoms with Crippen LogP contribution in [0.25, 0.3) is 0 Å². The van der Waals surface area contributed by atoms with Gasteiger partial charge in [0.05, 0.1) is 6.04 Å². The van der Waals surface area contributed by atoms with E-state index in [1.807, 2.05) is 18.2 Å².